The van der Waals surface area contributed by atoms with Crippen molar-refractivity contribution in [3.05, 3.63) is 248 Å². The largest absolute Gasteiger partial charge is 0.455 e. The van der Waals surface area contributed by atoms with Gasteiger partial charge in [0.25, 0.3) is 0 Å². The van der Waals surface area contributed by atoms with Gasteiger partial charge in [0.1, 0.15) is 11.2 Å². The SMILES string of the molecule is CC1(C)c2cc(-c3cc(-c4cccc(-c5cccc(-c6nc(-c7ccccc7)nc(-c7cccc8c7oc7c(-c9ccccc9)cccc78)n6)c5)c4)nc(-c4ccccc4)n3)ccc2-c2cc3ccccc3cc21. The van der Waals surface area contributed by atoms with Crippen LogP contribution in [0.15, 0.2) is 241 Å². The predicted molar refractivity (Wildman–Crippen MR) is 301 cm³/mol. The third-order valence-electron chi connectivity index (χ3n) is 14.7. The first-order valence-electron chi connectivity index (χ1n) is 25.1. The van der Waals surface area contributed by atoms with E-state index < -0.39 is 0 Å². The van der Waals surface area contributed by atoms with Gasteiger partial charge in [-0.2, -0.15) is 0 Å². The zero-order chi connectivity index (χ0) is 49.3. The topological polar surface area (TPSA) is 77.6 Å². The lowest BCUT2D eigenvalue weighted by Crippen LogP contribution is -2.15. The number of para-hydroxylation sites is 2. The molecule has 1 aliphatic carbocycles. The zero-order valence-corrected chi connectivity index (χ0v) is 40.7. The highest BCUT2D eigenvalue weighted by molar-refractivity contribution is 6.12. The minimum atomic E-state index is -0.187. The molecule has 0 amide bonds. The minimum absolute atomic E-state index is 0.187. The van der Waals surface area contributed by atoms with E-state index in [1.165, 1.54) is 33.0 Å². The maximum atomic E-state index is 6.84. The third-order valence-corrected chi connectivity index (χ3v) is 14.7. The molecule has 3 aromatic heterocycles. The Bertz CT molecular complexity index is 4330. The van der Waals surface area contributed by atoms with Gasteiger partial charge in [0, 0.05) is 49.6 Å². The molecule has 0 fully saturated rings. The number of hydrogen-bond acceptors (Lipinski definition) is 6. The van der Waals surface area contributed by atoms with Crippen molar-refractivity contribution in [2.75, 3.05) is 0 Å². The van der Waals surface area contributed by atoms with Crippen LogP contribution in [0.5, 0.6) is 0 Å². The number of nitrogens with zero attached hydrogens (tertiary/aromatic N) is 5. The Labute approximate surface area is 428 Å². The monoisotopic (exact) mass is 947 g/mol. The first-order valence-corrected chi connectivity index (χ1v) is 25.1. The molecule has 1 aliphatic rings. The summed E-state index contributed by atoms with van der Waals surface area (Å²) >= 11 is 0. The summed E-state index contributed by atoms with van der Waals surface area (Å²) < 4.78 is 6.84. The number of rotatable bonds is 8. The van der Waals surface area contributed by atoms with Gasteiger partial charge in [0.2, 0.25) is 0 Å². The highest BCUT2D eigenvalue weighted by Gasteiger charge is 2.36. The molecular formula is C68H45N5O. The van der Waals surface area contributed by atoms with Crippen LogP contribution in [0.4, 0.5) is 0 Å². The first kappa shape index (κ1) is 43.2. The lowest BCUT2D eigenvalue weighted by molar-refractivity contribution is 0.661. The average Bonchev–Trinajstić information content (AvgIpc) is 3.97. The van der Waals surface area contributed by atoms with Crippen LogP contribution in [-0.4, -0.2) is 24.9 Å². The van der Waals surface area contributed by atoms with Crippen LogP contribution in [0.2, 0.25) is 0 Å². The number of furan rings is 1. The van der Waals surface area contributed by atoms with E-state index >= 15 is 0 Å². The fourth-order valence-corrected chi connectivity index (χ4v) is 10.9. The average molecular weight is 948 g/mol. The molecule has 13 aromatic rings. The van der Waals surface area contributed by atoms with E-state index in [2.05, 4.69) is 190 Å². The van der Waals surface area contributed by atoms with Crippen LogP contribution >= 0.6 is 0 Å². The van der Waals surface area contributed by atoms with Gasteiger partial charge in [0.15, 0.2) is 23.3 Å². The number of aromatic nitrogens is 5. The summed E-state index contributed by atoms with van der Waals surface area (Å²) in [5, 5.41) is 4.56. The first-order chi connectivity index (χ1) is 36.4. The van der Waals surface area contributed by atoms with E-state index in [-0.39, 0.29) is 5.41 Å². The summed E-state index contributed by atoms with van der Waals surface area (Å²) in [5.74, 6) is 2.35. The van der Waals surface area contributed by atoms with Gasteiger partial charge in [-0.15, -0.1) is 0 Å². The van der Waals surface area contributed by atoms with Crippen molar-refractivity contribution in [3.8, 4) is 101 Å². The van der Waals surface area contributed by atoms with Crippen molar-refractivity contribution in [2.24, 2.45) is 0 Å². The van der Waals surface area contributed by atoms with Crippen molar-refractivity contribution in [3.63, 3.8) is 0 Å². The Morgan fingerprint density at radius 2 is 0.743 bits per heavy atom. The molecule has 348 valence electrons. The molecule has 0 aliphatic heterocycles. The highest BCUT2D eigenvalue weighted by Crippen LogP contribution is 2.51. The molecule has 6 nitrogen and oxygen atoms in total. The lowest BCUT2D eigenvalue weighted by atomic mass is 9.81. The van der Waals surface area contributed by atoms with Gasteiger partial charge in [0.05, 0.1) is 17.0 Å². The van der Waals surface area contributed by atoms with Gasteiger partial charge in [-0.05, 0) is 92.2 Å². The molecule has 0 atom stereocenters. The molecule has 74 heavy (non-hydrogen) atoms. The number of benzene rings is 10. The number of fused-ring (bicyclic) bond motifs is 7. The molecule has 0 unspecified atom stereocenters. The maximum Gasteiger partial charge on any atom is 0.167 e. The molecule has 3 heterocycles. The van der Waals surface area contributed by atoms with Crippen molar-refractivity contribution >= 4 is 32.7 Å². The third kappa shape index (κ3) is 7.38. The van der Waals surface area contributed by atoms with Crippen LogP contribution in [0.25, 0.3) is 134 Å². The number of hydrogen-bond donors (Lipinski definition) is 0. The zero-order valence-electron chi connectivity index (χ0n) is 40.7. The second kappa shape index (κ2) is 17.3. The van der Waals surface area contributed by atoms with Crippen molar-refractivity contribution < 1.29 is 4.42 Å². The van der Waals surface area contributed by atoms with E-state index in [0.29, 0.717) is 23.3 Å². The fourth-order valence-electron chi connectivity index (χ4n) is 10.9. The fraction of sp³-hybridized carbons (Fsp3) is 0.0441. The van der Waals surface area contributed by atoms with Crippen molar-refractivity contribution in [2.45, 2.75) is 19.3 Å². The van der Waals surface area contributed by atoms with Gasteiger partial charge in [-0.1, -0.05) is 208 Å². The lowest BCUT2D eigenvalue weighted by Gasteiger charge is -2.22. The summed E-state index contributed by atoms with van der Waals surface area (Å²) in [6.07, 6.45) is 0. The molecule has 0 saturated carbocycles. The summed E-state index contributed by atoms with van der Waals surface area (Å²) in [7, 11) is 0. The van der Waals surface area contributed by atoms with Crippen LogP contribution in [0.3, 0.4) is 0 Å². The van der Waals surface area contributed by atoms with Crippen molar-refractivity contribution in [1.29, 1.82) is 0 Å². The summed E-state index contributed by atoms with van der Waals surface area (Å²) in [6.45, 7) is 4.67. The van der Waals surface area contributed by atoms with E-state index in [1.807, 2.05) is 60.7 Å². The second-order valence-corrected chi connectivity index (χ2v) is 19.6. The van der Waals surface area contributed by atoms with E-state index in [0.717, 1.165) is 89.0 Å². The summed E-state index contributed by atoms with van der Waals surface area (Å²) in [5.41, 5.74) is 18.0. The minimum Gasteiger partial charge on any atom is -0.455 e. The quantitative estimate of drug-likeness (QED) is 0.151. The van der Waals surface area contributed by atoms with E-state index in [9.17, 15) is 0 Å². The normalized spacial score (nSPS) is 12.6. The second-order valence-electron chi connectivity index (χ2n) is 19.6. The van der Waals surface area contributed by atoms with Crippen LogP contribution in [0, 0.1) is 0 Å². The molecule has 0 spiro atoms. The maximum absolute atomic E-state index is 6.84. The van der Waals surface area contributed by atoms with Crippen LogP contribution in [0.1, 0.15) is 25.0 Å². The summed E-state index contributed by atoms with van der Waals surface area (Å²) in [4.78, 5) is 26.0. The summed E-state index contributed by atoms with van der Waals surface area (Å²) in [6, 6.07) is 82.6. The van der Waals surface area contributed by atoms with Gasteiger partial charge in [-0.25, -0.2) is 24.9 Å². The van der Waals surface area contributed by atoms with Crippen LogP contribution in [-0.2, 0) is 5.41 Å². The van der Waals surface area contributed by atoms with Gasteiger partial charge < -0.3 is 4.42 Å². The van der Waals surface area contributed by atoms with Gasteiger partial charge in [-0.3, -0.25) is 0 Å². The highest BCUT2D eigenvalue weighted by atomic mass is 16.3. The molecule has 0 N–H and O–H groups in total. The Hall–Kier alpha value is -9.65. The molecular weight excluding hydrogens is 903 g/mol. The molecule has 10 aromatic carbocycles. The standard InChI is InChI=1S/C68H45N5O/c1-68(2)58-40-50(34-35-53(58)57-38-47-24-12-13-25-48(47)39-59(57)68)61-41-60(69-64(70-61)43-20-8-4-9-21-43)49-28-14-26-45(36-49)46-27-15-29-51(37-46)66-71-65(44-22-10-5-11-23-44)72-67(73-66)56-33-17-32-55-54-31-16-30-52(62(54)74-63(55)56)42-18-6-3-7-19-42/h3-41H,1-2H3. The molecule has 0 saturated heterocycles. The molecule has 6 heteroatoms. The Morgan fingerprint density at radius 1 is 0.284 bits per heavy atom. The Balaban J connectivity index is 0.858. The predicted octanol–water partition coefficient (Wildman–Crippen LogP) is 17.4. The van der Waals surface area contributed by atoms with Gasteiger partial charge >= 0.3 is 0 Å². The molecule has 0 radical (unpaired) electrons. The smallest absolute Gasteiger partial charge is 0.167 e. The van der Waals surface area contributed by atoms with E-state index in [1.54, 1.807) is 0 Å². The van der Waals surface area contributed by atoms with Crippen molar-refractivity contribution in [1.82, 2.24) is 24.9 Å². The Kier molecular flexibility index (Phi) is 10.1. The molecule has 14 rings (SSSR count). The van der Waals surface area contributed by atoms with E-state index in [4.69, 9.17) is 29.3 Å². The Morgan fingerprint density at radius 3 is 1.41 bits per heavy atom. The molecule has 0 bridgehead atoms. The van der Waals surface area contributed by atoms with Crippen LogP contribution < -0.4 is 0 Å².